The summed E-state index contributed by atoms with van der Waals surface area (Å²) >= 11 is 7.58. The number of rotatable bonds is 3. The number of hydrogen-bond donors (Lipinski definition) is 2. The van der Waals surface area contributed by atoms with Gasteiger partial charge in [-0.3, -0.25) is 9.52 Å². The maximum atomic E-state index is 12.7. The van der Waals surface area contributed by atoms with Gasteiger partial charge in [-0.15, -0.1) is 11.8 Å². The molecule has 0 saturated carbocycles. The Labute approximate surface area is 156 Å². The van der Waals surface area contributed by atoms with Crippen LogP contribution in [0.25, 0.3) is 0 Å². The number of halogens is 1. The van der Waals surface area contributed by atoms with E-state index in [-0.39, 0.29) is 16.7 Å². The quantitative estimate of drug-likeness (QED) is 0.817. The van der Waals surface area contributed by atoms with Crippen molar-refractivity contribution in [1.29, 1.82) is 0 Å². The van der Waals surface area contributed by atoms with Crippen molar-refractivity contribution >= 4 is 50.7 Å². The minimum atomic E-state index is -3.80. The number of hydrogen-bond acceptors (Lipinski definition) is 4. The second-order valence-electron chi connectivity index (χ2n) is 5.88. The van der Waals surface area contributed by atoms with Crippen molar-refractivity contribution in [3.63, 3.8) is 0 Å². The van der Waals surface area contributed by atoms with Crippen LogP contribution in [0.1, 0.15) is 12.5 Å². The number of benzene rings is 2. The fourth-order valence-corrected chi connectivity index (χ4v) is 4.70. The SMILES string of the molecule is Cc1c(Cl)cccc1NS(=O)(=O)c1ccc2c(c1)NC(=O)C(C)CS2. The third kappa shape index (κ3) is 3.78. The third-order valence-corrected chi connectivity index (χ3v) is 7.07. The molecular formula is C17H17ClN2O3S2. The van der Waals surface area contributed by atoms with Crippen molar-refractivity contribution in [2.24, 2.45) is 5.92 Å². The van der Waals surface area contributed by atoms with E-state index in [2.05, 4.69) is 10.0 Å². The highest BCUT2D eigenvalue weighted by atomic mass is 35.5. The predicted octanol–water partition coefficient (Wildman–Crippen LogP) is 4.13. The molecule has 0 aromatic heterocycles. The first kappa shape index (κ1) is 18.1. The molecule has 0 radical (unpaired) electrons. The Morgan fingerprint density at radius 1 is 1.28 bits per heavy atom. The van der Waals surface area contributed by atoms with Gasteiger partial charge in [0.1, 0.15) is 0 Å². The van der Waals surface area contributed by atoms with Crippen LogP contribution in [-0.2, 0) is 14.8 Å². The Balaban J connectivity index is 1.95. The van der Waals surface area contributed by atoms with E-state index in [0.717, 1.165) is 4.90 Å². The van der Waals surface area contributed by atoms with Crippen LogP contribution in [0.2, 0.25) is 5.02 Å². The van der Waals surface area contributed by atoms with Crippen LogP contribution in [0.5, 0.6) is 0 Å². The summed E-state index contributed by atoms with van der Waals surface area (Å²) in [5.41, 5.74) is 1.60. The van der Waals surface area contributed by atoms with Gasteiger partial charge in [-0.1, -0.05) is 24.6 Å². The van der Waals surface area contributed by atoms with Crippen molar-refractivity contribution in [2.45, 2.75) is 23.6 Å². The normalized spacial score (nSPS) is 17.4. The fraction of sp³-hybridized carbons (Fsp3) is 0.235. The van der Waals surface area contributed by atoms with Crippen LogP contribution in [-0.4, -0.2) is 20.1 Å². The number of carbonyl (C=O) groups is 1. The van der Waals surface area contributed by atoms with Gasteiger partial charge >= 0.3 is 0 Å². The Morgan fingerprint density at radius 3 is 2.80 bits per heavy atom. The topological polar surface area (TPSA) is 75.3 Å². The number of fused-ring (bicyclic) bond motifs is 1. The highest BCUT2D eigenvalue weighted by Gasteiger charge is 2.23. The van der Waals surface area contributed by atoms with Crippen LogP contribution in [0, 0.1) is 12.8 Å². The lowest BCUT2D eigenvalue weighted by Crippen LogP contribution is -2.20. The molecule has 0 bridgehead atoms. The Hall–Kier alpha value is -1.70. The molecule has 0 saturated heterocycles. The number of anilines is 2. The summed E-state index contributed by atoms with van der Waals surface area (Å²) in [4.78, 5) is 12.9. The summed E-state index contributed by atoms with van der Waals surface area (Å²) in [5, 5.41) is 3.28. The average Bonchev–Trinajstić information content (AvgIpc) is 2.70. The minimum absolute atomic E-state index is 0.0843. The van der Waals surface area contributed by atoms with Gasteiger partial charge in [0.25, 0.3) is 10.0 Å². The van der Waals surface area contributed by atoms with E-state index in [1.807, 2.05) is 6.92 Å². The Kier molecular flexibility index (Phi) is 4.99. The second-order valence-corrected chi connectivity index (χ2v) is 9.03. The summed E-state index contributed by atoms with van der Waals surface area (Å²) in [7, 11) is -3.80. The van der Waals surface area contributed by atoms with Crippen LogP contribution in [0.15, 0.2) is 46.2 Å². The van der Waals surface area contributed by atoms with Crippen molar-refractivity contribution in [1.82, 2.24) is 0 Å². The number of thioether (sulfide) groups is 1. The van der Waals surface area contributed by atoms with Gasteiger partial charge in [-0.05, 0) is 42.8 Å². The van der Waals surface area contributed by atoms with Gasteiger partial charge in [0, 0.05) is 21.6 Å². The number of amides is 1. The highest BCUT2D eigenvalue weighted by molar-refractivity contribution is 7.99. The molecule has 3 rings (SSSR count). The summed E-state index contributed by atoms with van der Waals surface area (Å²) in [5.74, 6) is 0.411. The molecule has 0 spiro atoms. The summed E-state index contributed by atoms with van der Waals surface area (Å²) < 4.78 is 28.0. The fourth-order valence-electron chi connectivity index (χ4n) is 2.37. The standard InChI is InChI=1S/C17H17ClN2O3S2/c1-10-9-24-16-7-6-12(8-15(16)19-17(10)21)25(22,23)20-14-5-3-4-13(18)11(14)2/h3-8,10,20H,9H2,1-2H3,(H,19,21). The molecule has 2 aromatic carbocycles. The molecule has 1 heterocycles. The maximum absolute atomic E-state index is 12.7. The molecule has 2 N–H and O–H groups in total. The summed E-state index contributed by atoms with van der Waals surface area (Å²) in [6.45, 7) is 3.59. The van der Waals surface area contributed by atoms with E-state index in [9.17, 15) is 13.2 Å². The molecule has 1 unspecified atom stereocenters. The van der Waals surface area contributed by atoms with E-state index < -0.39 is 10.0 Å². The van der Waals surface area contributed by atoms with E-state index in [4.69, 9.17) is 11.6 Å². The molecule has 132 valence electrons. The van der Waals surface area contributed by atoms with Gasteiger partial charge in [-0.2, -0.15) is 0 Å². The monoisotopic (exact) mass is 396 g/mol. The first-order chi connectivity index (χ1) is 11.8. The molecule has 0 fully saturated rings. The largest absolute Gasteiger partial charge is 0.325 e. The molecule has 1 aliphatic rings. The zero-order valence-electron chi connectivity index (χ0n) is 13.7. The zero-order valence-corrected chi connectivity index (χ0v) is 16.1. The molecule has 1 atom stereocenters. The number of nitrogens with one attached hydrogen (secondary N) is 2. The first-order valence-electron chi connectivity index (χ1n) is 7.63. The lowest BCUT2D eigenvalue weighted by atomic mass is 10.2. The van der Waals surface area contributed by atoms with E-state index in [1.54, 1.807) is 31.2 Å². The molecule has 5 nitrogen and oxygen atoms in total. The van der Waals surface area contributed by atoms with E-state index >= 15 is 0 Å². The van der Waals surface area contributed by atoms with Crippen molar-refractivity contribution in [3.8, 4) is 0 Å². The smallest absolute Gasteiger partial charge is 0.261 e. The molecular weight excluding hydrogens is 380 g/mol. The van der Waals surface area contributed by atoms with E-state index in [1.165, 1.54) is 23.9 Å². The van der Waals surface area contributed by atoms with Crippen LogP contribution < -0.4 is 10.0 Å². The van der Waals surface area contributed by atoms with Crippen LogP contribution >= 0.6 is 23.4 Å². The third-order valence-electron chi connectivity index (χ3n) is 3.97. The lowest BCUT2D eigenvalue weighted by Gasteiger charge is -2.13. The van der Waals surface area contributed by atoms with Crippen molar-refractivity contribution in [3.05, 3.63) is 47.0 Å². The van der Waals surface area contributed by atoms with Crippen molar-refractivity contribution in [2.75, 3.05) is 15.8 Å². The lowest BCUT2D eigenvalue weighted by molar-refractivity contribution is -0.118. The summed E-state index contributed by atoms with van der Waals surface area (Å²) in [6, 6.07) is 9.78. The Bertz CT molecular complexity index is 945. The first-order valence-corrected chi connectivity index (χ1v) is 10.5. The predicted molar refractivity (Wildman–Crippen MR) is 102 cm³/mol. The van der Waals surface area contributed by atoms with E-state index in [0.29, 0.717) is 27.7 Å². The van der Waals surface area contributed by atoms with Gasteiger partial charge < -0.3 is 5.32 Å². The molecule has 0 aliphatic carbocycles. The van der Waals surface area contributed by atoms with Crippen LogP contribution in [0.3, 0.4) is 0 Å². The van der Waals surface area contributed by atoms with Gasteiger partial charge in [-0.25, -0.2) is 8.42 Å². The van der Waals surface area contributed by atoms with Gasteiger partial charge in [0.15, 0.2) is 0 Å². The van der Waals surface area contributed by atoms with Crippen molar-refractivity contribution < 1.29 is 13.2 Å². The Morgan fingerprint density at radius 2 is 2.04 bits per heavy atom. The van der Waals surface area contributed by atoms with Crippen LogP contribution in [0.4, 0.5) is 11.4 Å². The molecule has 25 heavy (non-hydrogen) atoms. The number of carbonyl (C=O) groups excluding carboxylic acids is 1. The maximum Gasteiger partial charge on any atom is 0.261 e. The molecule has 2 aromatic rings. The average molecular weight is 397 g/mol. The molecule has 1 amide bonds. The number of sulfonamides is 1. The minimum Gasteiger partial charge on any atom is -0.325 e. The van der Waals surface area contributed by atoms with Gasteiger partial charge in [0.2, 0.25) is 5.91 Å². The molecule has 8 heteroatoms. The second kappa shape index (κ2) is 6.90. The molecule has 1 aliphatic heterocycles. The highest BCUT2D eigenvalue weighted by Crippen LogP contribution is 2.34. The van der Waals surface area contributed by atoms with Gasteiger partial charge in [0.05, 0.1) is 16.3 Å². The summed E-state index contributed by atoms with van der Waals surface area (Å²) in [6.07, 6.45) is 0. The zero-order chi connectivity index (χ0) is 18.2.